The summed E-state index contributed by atoms with van der Waals surface area (Å²) in [7, 11) is 1.65. The Kier molecular flexibility index (Phi) is 7.30. The van der Waals surface area contributed by atoms with Gasteiger partial charge in [0.15, 0.2) is 0 Å². The summed E-state index contributed by atoms with van der Waals surface area (Å²) in [4.78, 5) is 38.8. The standard InChI is InChI=1S/C32H33N7O3/c1-18(2)38-42-20(4)19(3)23-16-26-24(17-27(23)41-5)28-29(22-10-11-34-25-9-7-6-8-21(22)25)36-31(37-30(28)35-26)32(40)39-14-12-33-13-15-39/h6-11,16-17,33H,12-15H2,1-5H3,(H,35,36,37)/b20-19+. The molecule has 2 aromatic carbocycles. The number of aromatic amines is 1. The first kappa shape index (κ1) is 27.3. The topological polar surface area (TPSA) is 118 Å². The van der Waals surface area contributed by atoms with Gasteiger partial charge in [-0.1, -0.05) is 23.4 Å². The van der Waals surface area contributed by atoms with Gasteiger partial charge in [0.2, 0.25) is 5.82 Å². The minimum Gasteiger partial charge on any atom is -0.496 e. The average Bonchev–Trinajstić information content (AvgIpc) is 3.39. The highest BCUT2D eigenvalue weighted by molar-refractivity contribution is 6.16. The summed E-state index contributed by atoms with van der Waals surface area (Å²) in [5.74, 6) is 1.31. The van der Waals surface area contributed by atoms with Crippen molar-refractivity contribution in [2.75, 3.05) is 33.3 Å². The number of fused-ring (bicyclic) bond motifs is 4. The molecule has 2 N–H and O–H groups in total. The monoisotopic (exact) mass is 563 g/mol. The van der Waals surface area contributed by atoms with E-state index in [0.717, 1.165) is 62.7 Å². The Balaban J connectivity index is 1.61. The number of amides is 1. The van der Waals surface area contributed by atoms with Gasteiger partial charge in [0.05, 0.1) is 29.4 Å². The van der Waals surface area contributed by atoms with Crippen molar-refractivity contribution in [3.8, 4) is 17.0 Å². The van der Waals surface area contributed by atoms with Gasteiger partial charge in [-0.3, -0.25) is 9.78 Å². The lowest BCUT2D eigenvalue weighted by Crippen LogP contribution is -2.46. The predicted molar refractivity (Wildman–Crippen MR) is 166 cm³/mol. The highest BCUT2D eigenvalue weighted by atomic mass is 16.6. The largest absolute Gasteiger partial charge is 0.496 e. The Morgan fingerprint density at radius 2 is 1.79 bits per heavy atom. The zero-order valence-electron chi connectivity index (χ0n) is 24.4. The van der Waals surface area contributed by atoms with Crippen LogP contribution in [0.25, 0.3) is 49.7 Å². The molecule has 0 spiro atoms. The summed E-state index contributed by atoms with van der Waals surface area (Å²) < 4.78 is 5.87. The molecule has 3 aromatic heterocycles. The van der Waals surface area contributed by atoms with E-state index >= 15 is 0 Å². The summed E-state index contributed by atoms with van der Waals surface area (Å²) in [5, 5.41) is 10.0. The number of hydrogen-bond acceptors (Lipinski definition) is 8. The number of allylic oxidation sites excluding steroid dienone is 2. The molecule has 1 fully saturated rings. The molecule has 0 atom stereocenters. The third kappa shape index (κ3) is 4.94. The van der Waals surface area contributed by atoms with E-state index < -0.39 is 0 Å². The molecule has 6 rings (SSSR count). The fourth-order valence-corrected chi connectivity index (χ4v) is 5.31. The number of H-pyrrole nitrogens is 1. The molecule has 0 aliphatic carbocycles. The lowest BCUT2D eigenvalue weighted by Gasteiger charge is -2.26. The van der Waals surface area contributed by atoms with Crippen LogP contribution in [-0.4, -0.2) is 69.7 Å². The molecule has 10 nitrogen and oxygen atoms in total. The van der Waals surface area contributed by atoms with Gasteiger partial charge in [0.25, 0.3) is 5.91 Å². The SMILES string of the molecule is COc1cc2c(cc1/C(C)=C(\C)ON=C(C)C)[nH]c1nc(C(=O)N3CCNCC3)nc(-c3ccnc4ccccc34)c12. The van der Waals surface area contributed by atoms with Gasteiger partial charge in [0, 0.05) is 65.4 Å². The molecule has 1 aliphatic heterocycles. The minimum atomic E-state index is -0.187. The Morgan fingerprint density at radius 3 is 2.55 bits per heavy atom. The predicted octanol–water partition coefficient (Wildman–Crippen LogP) is 5.54. The number of rotatable bonds is 6. The summed E-state index contributed by atoms with van der Waals surface area (Å²) in [6, 6.07) is 13.9. The highest BCUT2D eigenvalue weighted by Gasteiger charge is 2.25. The van der Waals surface area contributed by atoms with Crippen LogP contribution in [0.5, 0.6) is 5.75 Å². The van der Waals surface area contributed by atoms with Gasteiger partial charge in [-0.05, 0) is 52.0 Å². The number of nitrogens with one attached hydrogen (secondary N) is 2. The fourth-order valence-electron chi connectivity index (χ4n) is 5.31. The van der Waals surface area contributed by atoms with Crippen molar-refractivity contribution in [1.82, 2.24) is 30.2 Å². The fraction of sp³-hybridized carbons (Fsp3) is 0.281. The second-order valence-electron chi connectivity index (χ2n) is 10.6. The second-order valence-corrected chi connectivity index (χ2v) is 10.6. The third-order valence-corrected chi connectivity index (χ3v) is 7.57. The van der Waals surface area contributed by atoms with Crippen molar-refractivity contribution in [2.45, 2.75) is 27.7 Å². The van der Waals surface area contributed by atoms with Crippen LogP contribution in [0.15, 0.2) is 59.6 Å². The Morgan fingerprint density at radius 1 is 1.00 bits per heavy atom. The number of aromatic nitrogens is 4. The number of benzene rings is 2. The van der Waals surface area contributed by atoms with Crippen LogP contribution in [-0.2, 0) is 4.84 Å². The van der Waals surface area contributed by atoms with E-state index in [1.165, 1.54) is 0 Å². The van der Waals surface area contributed by atoms with Gasteiger partial charge in [-0.2, -0.15) is 0 Å². The van der Waals surface area contributed by atoms with Crippen LogP contribution in [0.2, 0.25) is 0 Å². The van der Waals surface area contributed by atoms with Crippen molar-refractivity contribution in [2.24, 2.45) is 5.16 Å². The molecular formula is C32H33N7O3. The van der Waals surface area contributed by atoms with Crippen LogP contribution in [0.1, 0.15) is 43.9 Å². The second kappa shape index (κ2) is 11.2. The Labute approximate surface area is 243 Å². The molecule has 4 heterocycles. The molecule has 1 saturated heterocycles. The smallest absolute Gasteiger partial charge is 0.291 e. The molecule has 1 aliphatic rings. The van der Waals surface area contributed by atoms with Crippen molar-refractivity contribution in [1.29, 1.82) is 0 Å². The van der Waals surface area contributed by atoms with E-state index in [-0.39, 0.29) is 11.7 Å². The van der Waals surface area contributed by atoms with Gasteiger partial charge in [-0.25, -0.2) is 9.97 Å². The van der Waals surface area contributed by atoms with E-state index in [9.17, 15) is 4.79 Å². The molecule has 1 amide bonds. The first-order valence-electron chi connectivity index (χ1n) is 14.0. The maximum absolute atomic E-state index is 13.6. The van der Waals surface area contributed by atoms with Gasteiger partial charge >= 0.3 is 0 Å². The number of oxime groups is 1. The van der Waals surface area contributed by atoms with E-state index in [0.29, 0.717) is 35.9 Å². The Bertz CT molecular complexity index is 1890. The number of pyridine rings is 1. The summed E-state index contributed by atoms with van der Waals surface area (Å²) >= 11 is 0. The minimum absolute atomic E-state index is 0.159. The van der Waals surface area contributed by atoms with E-state index in [1.807, 2.05) is 70.2 Å². The molecule has 5 aromatic rings. The van der Waals surface area contributed by atoms with E-state index in [1.54, 1.807) is 18.2 Å². The first-order chi connectivity index (χ1) is 20.4. The van der Waals surface area contributed by atoms with Crippen LogP contribution >= 0.6 is 0 Å². The van der Waals surface area contributed by atoms with Crippen molar-refractivity contribution in [3.05, 3.63) is 65.8 Å². The quantitative estimate of drug-likeness (QED) is 0.158. The highest BCUT2D eigenvalue weighted by Crippen LogP contribution is 2.40. The number of nitrogens with zero attached hydrogens (tertiary/aromatic N) is 5. The maximum Gasteiger partial charge on any atom is 0.291 e. The molecule has 10 heteroatoms. The number of ether oxygens (including phenoxy) is 1. The van der Waals surface area contributed by atoms with Crippen molar-refractivity contribution < 1.29 is 14.4 Å². The van der Waals surface area contributed by atoms with E-state index in [2.05, 4.69) is 20.4 Å². The lowest BCUT2D eigenvalue weighted by molar-refractivity contribution is 0.0724. The summed E-state index contributed by atoms with van der Waals surface area (Å²) in [5.41, 5.74) is 6.37. The number of hydrogen-bond donors (Lipinski definition) is 2. The molecule has 0 radical (unpaired) electrons. The molecule has 0 saturated carbocycles. The Hall–Kier alpha value is -4.83. The maximum atomic E-state index is 13.6. The number of carbonyl (C=O) groups is 1. The molecule has 42 heavy (non-hydrogen) atoms. The first-order valence-corrected chi connectivity index (χ1v) is 14.0. The van der Waals surface area contributed by atoms with Crippen LogP contribution in [0.4, 0.5) is 0 Å². The number of methoxy groups -OCH3 is 1. The van der Waals surface area contributed by atoms with Crippen LogP contribution < -0.4 is 10.1 Å². The number of piperazine rings is 1. The van der Waals surface area contributed by atoms with Gasteiger partial charge in [-0.15, -0.1) is 0 Å². The number of carbonyl (C=O) groups excluding carboxylic acids is 1. The molecule has 0 unspecified atom stereocenters. The molecule has 0 bridgehead atoms. The number of para-hydroxylation sites is 1. The lowest BCUT2D eigenvalue weighted by atomic mass is 9.99. The van der Waals surface area contributed by atoms with Crippen molar-refractivity contribution >= 4 is 50.0 Å². The molecule has 214 valence electrons. The van der Waals surface area contributed by atoms with Crippen LogP contribution in [0.3, 0.4) is 0 Å². The van der Waals surface area contributed by atoms with Crippen molar-refractivity contribution in [3.63, 3.8) is 0 Å². The zero-order chi connectivity index (χ0) is 29.4. The normalized spacial score (nSPS) is 14.3. The zero-order valence-corrected chi connectivity index (χ0v) is 24.4. The molecular weight excluding hydrogens is 530 g/mol. The van der Waals surface area contributed by atoms with Gasteiger partial charge < -0.3 is 24.8 Å². The summed E-state index contributed by atoms with van der Waals surface area (Å²) in [6.45, 7) is 10.3. The summed E-state index contributed by atoms with van der Waals surface area (Å²) in [6.07, 6.45) is 1.77. The third-order valence-electron chi connectivity index (χ3n) is 7.57. The van der Waals surface area contributed by atoms with Crippen LogP contribution in [0, 0.1) is 0 Å². The van der Waals surface area contributed by atoms with Gasteiger partial charge in [0.1, 0.15) is 17.2 Å². The van der Waals surface area contributed by atoms with E-state index in [4.69, 9.17) is 19.5 Å². The average molecular weight is 564 g/mol.